The van der Waals surface area contributed by atoms with E-state index in [0.717, 1.165) is 11.8 Å². The Morgan fingerprint density at radius 2 is 1.20 bits per heavy atom. The van der Waals surface area contributed by atoms with E-state index in [1.807, 2.05) is 0 Å². The number of allylic oxidation sites excluding steroid dienone is 1. The van der Waals surface area contributed by atoms with Crippen LogP contribution in [0, 0.1) is 0 Å². The number of guanidine groups is 1. The van der Waals surface area contributed by atoms with Gasteiger partial charge in [-0.05, 0) is 102 Å². The fourth-order valence-corrected chi connectivity index (χ4v) is 12.3. The Labute approximate surface area is 637 Å². The third-order valence-corrected chi connectivity index (χ3v) is 18.3. The summed E-state index contributed by atoms with van der Waals surface area (Å²) in [7, 11) is 0. The van der Waals surface area contributed by atoms with Gasteiger partial charge in [-0.3, -0.25) is 91.5 Å². The summed E-state index contributed by atoms with van der Waals surface area (Å²) in [6.45, 7) is -1.74. The highest BCUT2D eigenvalue weighted by molar-refractivity contribution is 6.01. The van der Waals surface area contributed by atoms with Crippen LogP contribution in [0.4, 0.5) is 0 Å². The average molecular weight is 1560 g/mol. The molecule has 0 saturated carbocycles. The van der Waals surface area contributed by atoms with E-state index < -0.39 is 231 Å². The predicted octanol–water partition coefficient (Wildman–Crippen LogP) is -6.68. The summed E-state index contributed by atoms with van der Waals surface area (Å²) in [5.74, 6) is -17.4. The number of hydrogen-bond acceptors (Lipinski definition) is 23. The van der Waals surface area contributed by atoms with Gasteiger partial charge in [-0.1, -0.05) is 30.7 Å². The minimum atomic E-state index is -1.90. The fourth-order valence-electron chi connectivity index (χ4n) is 12.3. The first-order chi connectivity index (χ1) is 52.9. The van der Waals surface area contributed by atoms with Crippen molar-refractivity contribution in [2.45, 2.75) is 215 Å². The number of benzene rings is 1. The van der Waals surface area contributed by atoms with Crippen molar-refractivity contribution in [1.82, 2.24) is 73.7 Å². The predicted molar refractivity (Wildman–Crippen MR) is 394 cm³/mol. The smallest absolute Gasteiger partial charge is 0.303 e. The number of nitrogens with two attached hydrogens (primary N) is 3. The lowest BCUT2D eigenvalue weighted by Crippen LogP contribution is -2.61. The van der Waals surface area contributed by atoms with Crippen molar-refractivity contribution in [2.24, 2.45) is 27.2 Å². The summed E-state index contributed by atoms with van der Waals surface area (Å²) < 4.78 is 0. The van der Waals surface area contributed by atoms with Crippen molar-refractivity contribution in [3.8, 4) is 0 Å². The van der Waals surface area contributed by atoms with Gasteiger partial charge in [0.25, 0.3) is 0 Å². The Bertz CT molecular complexity index is 3770. The normalized spacial score (nSPS) is 20.6. The number of unbranched alkanes of at least 4 members (excludes halogenated alkanes) is 1. The van der Waals surface area contributed by atoms with Gasteiger partial charge in [0.05, 0.1) is 26.4 Å². The topological polar surface area (TPSA) is 658 Å². The molecular formula is C70H103N19O22. The van der Waals surface area contributed by atoms with Gasteiger partial charge in [0.15, 0.2) is 11.7 Å². The van der Waals surface area contributed by atoms with E-state index in [1.54, 1.807) is 42.8 Å². The number of likely N-dealkylation sites (tertiary alicyclic amines) is 1. The molecule has 1 aromatic heterocycles. The Morgan fingerprint density at radius 3 is 1.78 bits per heavy atom. The zero-order valence-corrected chi connectivity index (χ0v) is 61.8. The summed E-state index contributed by atoms with van der Waals surface area (Å²) in [4.78, 5) is 245. The highest BCUT2D eigenvalue weighted by atomic mass is 16.4. The molecule has 3 aliphatic rings. The van der Waals surface area contributed by atoms with Crippen LogP contribution in [0.5, 0.6) is 0 Å². The number of aromatic nitrogens is 1. The molecule has 0 aliphatic carbocycles. The summed E-state index contributed by atoms with van der Waals surface area (Å²) >= 11 is 0. The quantitative estimate of drug-likeness (QED) is 0.0171. The SMILES string of the molecule is CC(=O)N[C@H]1CCCCC(=O)CC[C@@H](C(=O)N2CCC[C@H]2C(=O)N[C@@H](CO)C(=O)N[C@@H](CCCCN)C(=O)N[C@@H](CCC(=O)O)C(=O)N[C@@H](CCC(=O)O)C(=O)N[C@@H](CO)C(=O)N[C@@H](CO)C(C)=O)NC(=O)[C@H](Cc2c[nH]c3ccccc23)NC(=O)[C@H](CCCN=C(N)N)NC(=O)CNC(=O)[C@H](CC2=CCC=N2)NC1=O. The molecule has 0 radical (unpaired) electrons. The third kappa shape index (κ3) is 30.2. The maximum Gasteiger partial charge on any atom is 0.303 e. The lowest BCUT2D eigenvalue weighted by molar-refractivity contribution is -0.143. The molecule has 41 nitrogen and oxygen atoms in total. The van der Waals surface area contributed by atoms with Gasteiger partial charge in [0.2, 0.25) is 76.8 Å². The summed E-state index contributed by atoms with van der Waals surface area (Å²) in [5, 5.41) is 79.3. The van der Waals surface area contributed by atoms with E-state index in [9.17, 15) is 97.5 Å². The molecule has 24 N–H and O–H groups in total. The third-order valence-electron chi connectivity index (χ3n) is 18.3. The number of aliphatic carboxylic acids is 2. The number of carbonyl (C=O) groups excluding carboxylic acids is 15. The van der Waals surface area contributed by atoms with Gasteiger partial charge in [-0.2, -0.15) is 0 Å². The molecule has 13 amide bonds. The van der Waals surface area contributed by atoms with Gasteiger partial charge >= 0.3 is 11.9 Å². The highest BCUT2D eigenvalue weighted by Crippen LogP contribution is 2.24. The second kappa shape index (κ2) is 46.2. The lowest BCUT2D eigenvalue weighted by atomic mass is 10.00. The summed E-state index contributed by atoms with van der Waals surface area (Å²) in [6.07, 6.45) is 1.42. The molecule has 3 aliphatic heterocycles. The minimum absolute atomic E-state index is 0.0260. The number of carboxylic acid groups (broad SMARTS) is 2. The molecule has 0 spiro atoms. The molecule has 2 fully saturated rings. The number of nitrogens with one attached hydrogen (secondary N) is 13. The molecular weight excluding hydrogens is 1460 g/mol. The average Bonchev–Trinajstić information content (AvgIpc) is 1.73. The minimum Gasteiger partial charge on any atom is -0.481 e. The van der Waals surface area contributed by atoms with Crippen LogP contribution in [0.2, 0.25) is 0 Å². The van der Waals surface area contributed by atoms with Crippen LogP contribution < -0.4 is 81.0 Å². The van der Waals surface area contributed by atoms with Crippen molar-refractivity contribution in [3.63, 3.8) is 0 Å². The number of fused-ring (bicyclic) bond motifs is 1. The number of aliphatic hydroxyl groups is 3. The van der Waals surface area contributed by atoms with Gasteiger partial charge in [-0.25, -0.2) is 0 Å². The first-order valence-corrected chi connectivity index (χ1v) is 36.5. The van der Waals surface area contributed by atoms with E-state index >= 15 is 9.59 Å². The highest BCUT2D eigenvalue weighted by Gasteiger charge is 2.42. The second-order valence-electron chi connectivity index (χ2n) is 26.9. The number of aromatic amines is 1. The zero-order valence-electron chi connectivity index (χ0n) is 61.8. The summed E-state index contributed by atoms with van der Waals surface area (Å²) in [5.41, 5.74) is 18.5. The fraction of sp³-hybridized carbons (Fsp3) is 0.586. The molecule has 2 aromatic rings. The number of hydrogen-bond donors (Lipinski definition) is 21. The first kappa shape index (κ1) is 90.3. The lowest BCUT2D eigenvalue weighted by Gasteiger charge is -2.31. The van der Waals surface area contributed by atoms with E-state index in [-0.39, 0.29) is 115 Å². The van der Waals surface area contributed by atoms with Crippen LogP contribution in [0.25, 0.3) is 10.9 Å². The number of aliphatic hydroxyl groups excluding tert-OH is 3. The van der Waals surface area contributed by atoms with Crippen molar-refractivity contribution >= 4 is 123 Å². The number of rotatable bonds is 36. The maximum absolute atomic E-state index is 15.3. The van der Waals surface area contributed by atoms with Gasteiger partial charge in [-0.15, -0.1) is 0 Å². The first-order valence-electron chi connectivity index (χ1n) is 36.5. The number of carboxylic acids is 2. The molecule has 12 atom stereocenters. The monoisotopic (exact) mass is 1560 g/mol. The molecule has 0 unspecified atom stereocenters. The number of para-hydroxylation sites is 1. The van der Waals surface area contributed by atoms with Crippen molar-refractivity contribution in [3.05, 3.63) is 47.8 Å². The molecule has 111 heavy (non-hydrogen) atoms. The van der Waals surface area contributed by atoms with Crippen LogP contribution in [-0.4, -0.2) is 266 Å². The van der Waals surface area contributed by atoms with Gasteiger partial charge in [0, 0.05) is 94.0 Å². The molecule has 5 rings (SSSR count). The Balaban J connectivity index is 1.45. The van der Waals surface area contributed by atoms with Crippen molar-refractivity contribution in [2.75, 3.05) is 46.0 Å². The molecule has 41 heteroatoms. The number of aliphatic imine (C=N–C) groups is 2. The standard InChI is InChI=1S/C70H103N19O22/c1-37(93)52(34-90)86-67(109)53(35-91)87-64(106)48(23-25-58(99)100)82-63(105)47(22-24-57(97)98)81-62(104)46(17-7-8-26-71)80-66(108)54(36-92)88-68(110)55-19-11-29-89(55)69(111)49-21-20-41(95)13-3-5-16-44(78-38(2)94)60(102)85-51(31-40-12-9-27-74-40)59(101)77-33-56(96)79-45(18-10-28-75-70(72)73)61(103)84-50(65(107)83-49)30-39-32-76-43-15-6-4-14-42(39)43/h4,6,12,14-15,27,32,44-55,76,90-92H,3,5,7-11,13,16-26,28-31,33-36,71H2,1-2H3,(H,77,101)(H,78,94)(H,79,96)(H,80,108)(H,81,104)(H,82,105)(H,83,107)(H,84,103)(H,85,102)(H,86,109)(H,87,106)(H,88,110)(H,97,98)(H,99,100)(H4,72,73,75)/t44-,45-,46-,47-,48-,49-,50-,51-,52-,53-,54-,55-/m0/s1. The molecule has 0 bridgehead atoms. The number of ketones is 2. The number of amides is 13. The van der Waals surface area contributed by atoms with E-state index in [4.69, 9.17) is 17.2 Å². The van der Waals surface area contributed by atoms with E-state index in [1.165, 1.54) is 6.92 Å². The summed E-state index contributed by atoms with van der Waals surface area (Å²) in [6, 6.07) is -12.3. The molecule has 2 saturated heterocycles. The molecule has 1 aromatic carbocycles. The molecule has 610 valence electrons. The Morgan fingerprint density at radius 1 is 0.622 bits per heavy atom. The van der Waals surface area contributed by atoms with Crippen molar-refractivity contribution < 1.29 is 107 Å². The molecule has 4 heterocycles. The Hall–Kier alpha value is -11.3. The second-order valence-corrected chi connectivity index (χ2v) is 26.9. The van der Waals surface area contributed by atoms with Crippen LogP contribution in [0.15, 0.2) is 52.2 Å². The van der Waals surface area contributed by atoms with Crippen LogP contribution >= 0.6 is 0 Å². The van der Waals surface area contributed by atoms with Crippen LogP contribution in [-0.2, 0) is 87.9 Å². The van der Waals surface area contributed by atoms with E-state index in [0.29, 0.717) is 28.6 Å². The van der Waals surface area contributed by atoms with Crippen LogP contribution in [0.1, 0.15) is 141 Å². The van der Waals surface area contributed by atoms with Crippen LogP contribution in [0.3, 0.4) is 0 Å². The van der Waals surface area contributed by atoms with Gasteiger partial charge < -0.3 is 116 Å². The Kier molecular flexibility index (Phi) is 37.6. The van der Waals surface area contributed by atoms with Crippen molar-refractivity contribution in [1.29, 1.82) is 0 Å². The maximum atomic E-state index is 15.3. The number of nitrogens with zero attached hydrogens (tertiary/aromatic N) is 3. The number of carbonyl (C=O) groups is 17. The number of Topliss-reactive ketones (excluding diaryl/α,β-unsaturated/α-hetero) is 2. The zero-order chi connectivity index (χ0) is 81.9. The number of H-pyrrole nitrogens is 1. The van der Waals surface area contributed by atoms with E-state index in [2.05, 4.69) is 78.8 Å². The van der Waals surface area contributed by atoms with Gasteiger partial charge in [0.1, 0.15) is 78.3 Å². The largest absolute Gasteiger partial charge is 0.481 e.